The van der Waals surface area contributed by atoms with Gasteiger partial charge in [0.1, 0.15) is 11.6 Å². The van der Waals surface area contributed by atoms with Crippen LogP contribution in [0, 0.1) is 11.6 Å². The lowest BCUT2D eigenvalue weighted by molar-refractivity contribution is 0.112. The van der Waals surface area contributed by atoms with E-state index in [2.05, 4.69) is 0 Å². The SMILES string of the molecule is Nc1cc(F)cc(F)c1C=O. The number of rotatable bonds is 1. The quantitative estimate of drug-likeness (QED) is 0.494. The summed E-state index contributed by atoms with van der Waals surface area (Å²) >= 11 is 0. The third-order valence-corrected chi connectivity index (χ3v) is 1.24. The molecule has 1 aromatic carbocycles. The molecule has 0 spiro atoms. The molecule has 0 heterocycles. The second kappa shape index (κ2) is 2.65. The highest BCUT2D eigenvalue weighted by molar-refractivity contribution is 5.83. The maximum absolute atomic E-state index is 12.6. The normalized spacial score (nSPS) is 9.64. The lowest BCUT2D eigenvalue weighted by atomic mass is 10.2. The summed E-state index contributed by atoms with van der Waals surface area (Å²) in [6, 6.07) is 1.51. The fourth-order valence-corrected chi connectivity index (χ4v) is 0.729. The molecular formula is C7H5F2NO. The third kappa shape index (κ3) is 1.34. The van der Waals surface area contributed by atoms with Crippen LogP contribution in [0.2, 0.25) is 0 Å². The number of carbonyl (C=O) groups excluding carboxylic acids is 1. The Labute approximate surface area is 61.6 Å². The molecule has 0 aliphatic rings. The highest BCUT2D eigenvalue weighted by atomic mass is 19.1. The minimum absolute atomic E-state index is 0.183. The van der Waals surface area contributed by atoms with Gasteiger partial charge >= 0.3 is 0 Å². The average Bonchev–Trinajstić information content (AvgIpc) is 1.85. The number of carbonyl (C=O) groups is 1. The maximum Gasteiger partial charge on any atom is 0.155 e. The van der Waals surface area contributed by atoms with Gasteiger partial charge in [0.05, 0.1) is 5.56 Å². The minimum Gasteiger partial charge on any atom is -0.398 e. The van der Waals surface area contributed by atoms with Crippen molar-refractivity contribution in [3.8, 4) is 0 Å². The molecule has 2 N–H and O–H groups in total. The van der Waals surface area contributed by atoms with E-state index < -0.39 is 11.6 Å². The number of benzene rings is 1. The Hall–Kier alpha value is -1.45. The molecule has 1 aromatic rings. The van der Waals surface area contributed by atoms with Crippen molar-refractivity contribution in [2.24, 2.45) is 0 Å². The van der Waals surface area contributed by atoms with Crippen molar-refractivity contribution in [2.45, 2.75) is 0 Å². The van der Waals surface area contributed by atoms with Crippen molar-refractivity contribution < 1.29 is 13.6 Å². The molecule has 11 heavy (non-hydrogen) atoms. The van der Waals surface area contributed by atoms with Gasteiger partial charge in [-0.15, -0.1) is 0 Å². The molecule has 4 heteroatoms. The molecule has 0 bridgehead atoms. The van der Waals surface area contributed by atoms with Crippen LogP contribution in [0.3, 0.4) is 0 Å². The Morgan fingerprint density at radius 3 is 2.45 bits per heavy atom. The molecule has 2 nitrogen and oxygen atoms in total. The van der Waals surface area contributed by atoms with Crippen LogP contribution in [-0.4, -0.2) is 6.29 Å². The first kappa shape index (κ1) is 7.65. The molecule has 0 aromatic heterocycles. The van der Waals surface area contributed by atoms with Crippen LogP contribution in [0.25, 0.3) is 0 Å². The summed E-state index contributed by atoms with van der Waals surface area (Å²) in [5.41, 5.74) is 4.64. The number of anilines is 1. The summed E-state index contributed by atoms with van der Waals surface area (Å²) in [5.74, 6) is -1.72. The predicted octanol–water partition coefficient (Wildman–Crippen LogP) is 1.36. The monoisotopic (exact) mass is 157 g/mol. The van der Waals surface area contributed by atoms with Crippen LogP contribution in [0.4, 0.5) is 14.5 Å². The molecule has 0 aliphatic heterocycles. The van der Waals surface area contributed by atoms with Gasteiger partial charge in [-0.2, -0.15) is 0 Å². The Morgan fingerprint density at radius 2 is 2.00 bits per heavy atom. The standard InChI is InChI=1S/C7H5F2NO/c8-4-1-6(9)5(3-11)7(10)2-4/h1-3H,10H2. The zero-order chi connectivity index (χ0) is 8.43. The number of hydrogen-bond donors (Lipinski definition) is 1. The van der Waals surface area contributed by atoms with Crippen molar-refractivity contribution in [1.29, 1.82) is 0 Å². The number of nitrogens with two attached hydrogens (primary N) is 1. The van der Waals surface area contributed by atoms with E-state index in [1.54, 1.807) is 0 Å². The smallest absolute Gasteiger partial charge is 0.155 e. The van der Waals surface area contributed by atoms with Gasteiger partial charge in [-0.3, -0.25) is 4.79 Å². The van der Waals surface area contributed by atoms with Crippen LogP contribution >= 0.6 is 0 Å². The van der Waals surface area contributed by atoms with Crippen molar-refractivity contribution in [3.05, 3.63) is 29.3 Å². The highest BCUT2D eigenvalue weighted by Gasteiger charge is 2.06. The van der Waals surface area contributed by atoms with E-state index in [-0.39, 0.29) is 17.5 Å². The first-order valence-corrected chi connectivity index (χ1v) is 2.85. The van der Waals surface area contributed by atoms with Gasteiger partial charge in [-0.05, 0) is 6.07 Å². The van der Waals surface area contributed by atoms with Gasteiger partial charge in [0.15, 0.2) is 6.29 Å². The average molecular weight is 157 g/mol. The number of hydrogen-bond acceptors (Lipinski definition) is 2. The number of aldehydes is 1. The number of nitrogen functional groups attached to an aromatic ring is 1. The first-order valence-electron chi connectivity index (χ1n) is 2.85. The van der Waals surface area contributed by atoms with E-state index in [0.29, 0.717) is 6.07 Å². The zero-order valence-electron chi connectivity index (χ0n) is 5.47. The molecule has 0 fully saturated rings. The van der Waals surface area contributed by atoms with Crippen molar-refractivity contribution in [1.82, 2.24) is 0 Å². The third-order valence-electron chi connectivity index (χ3n) is 1.24. The van der Waals surface area contributed by atoms with Crippen LogP contribution in [0.1, 0.15) is 10.4 Å². The second-order valence-corrected chi connectivity index (χ2v) is 2.01. The Morgan fingerprint density at radius 1 is 1.36 bits per heavy atom. The van der Waals surface area contributed by atoms with Crippen molar-refractivity contribution in [2.75, 3.05) is 5.73 Å². The molecule has 1 rings (SSSR count). The summed E-state index contributed by atoms with van der Waals surface area (Å²) in [6.07, 6.45) is 0.254. The van der Waals surface area contributed by atoms with Gasteiger partial charge < -0.3 is 5.73 Å². The fraction of sp³-hybridized carbons (Fsp3) is 0. The Kier molecular flexibility index (Phi) is 1.85. The molecule has 0 unspecified atom stereocenters. The Balaban J connectivity index is 3.36. The second-order valence-electron chi connectivity index (χ2n) is 2.01. The summed E-state index contributed by atoms with van der Waals surface area (Å²) in [6.45, 7) is 0. The molecule has 58 valence electrons. The van der Waals surface area contributed by atoms with Gasteiger partial charge in [0.2, 0.25) is 0 Å². The van der Waals surface area contributed by atoms with Crippen LogP contribution < -0.4 is 5.73 Å². The molecule has 0 saturated heterocycles. The van der Waals surface area contributed by atoms with Gasteiger partial charge in [0.25, 0.3) is 0 Å². The largest absolute Gasteiger partial charge is 0.398 e. The van der Waals surface area contributed by atoms with E-state index in [1.807, 2.05) is 0 Å². The highest BCUT2D eigenvalue weighted by Crippen LogP contribution is 2.15. The molecule has 0 atom stereocenters. The Bertz CT molecular complexity index is 275. The molecule has 0 aliphatic carbocycles. The van der Waals surface area contributed by atoms with Crippen LogP contribution in [-0.2, 0) is 0 Å². The lowest BCUT2D eigenvalue weighted by Gasteiger charge is -1.98. The van der Waals surface area contributed by atoms with E-state index in [4.69, 9.17) is 5.73 Å². The van der Waals surface area contributed by atoms with E-state index in [1.165, 1.54) is 0 Å². The summed E-state index contributed by atoms with van der Waals surface area (Å²) in [4.78, 5) is 10.1. The summed E-state index contributed by atoms with van der Waals surface area (Å²) in [7, 11) is 0. The lowest BCUT2D eigenvalue weighted by Crippen LogP contribution is -1.97. The summed E-state index contributed by atoms with van der Waals surface area (Å²) < 4.78 is 24.9. The molecule has 0 saturated carbocycles. The molecule has 0 amide bonds. The summed E-state index contributed by atoms with van der Waals surface area (Å²) in [5, 5.41) is 0. The number of halogens is 2. The van der Waals surface area contributed by atoms with Crippen molar-refractivity contribution in [3.63, 3.8) is 0 Å². The van der Waals surface area contributed by atoms with Crippen LogP contribution in [0.15, 0.2) is 12.1 Å². The maximum atomic E-state index is 12.6. The topological polar surface area (TPSA) is 43.1 Å². The van der Waals surface area contributed by atoms with Gasteiger partial charge in [-0.25, -0.2) is 8.78 Å². The molecule has 0 radical (unpaired) electrons. The van der Waals surface area contributed by atoms with E-state index in [0.717, 1.165) is 6.07 Å². The van der Waals surface area contributed by atoms with Gasteiger partial charge in [0, 0.05) is 11.8 Å². The fourth-order valence-electron chi connectivity index (χ4n) is 0.729. The van der Waals surface area contributed by atoms with Crippen molar-refractivity contribution >= 4 is 12.0 Å². The van der Waals surface area contributed by atoms with Gasteiger partial charge in [-0.1, -0.05) is 0 Å². The van der Waals surface area contributed by atoms with Crippen LogP contribution in [0.5, 0.6) is 0 Å². The predicted molar refractivity (Wildman–Crippen MR) is 36.2 cm³/mol. The molecular weight excluding hydrogens is 152 g/mol. The van der Waals surface area contributed by atoms with E-state index in [9.17, 15) is 13.6 Å². The minimum atomic E-state index is -0.933. The first-order chi connectivity index (χ1) is 5.15. The van der Waals surface area contributed by atoms with E-state index >= 15 is 0 Å². The zero-order valence-corrected chi connectivity index (χ0v) is 5.47.